The molecule has 16 nitrogen and oxygen atoms in total. The molecule has 12 heterocycles. The molecule has 0 N–H and O–H groups in total. The van der Waals surface area contributed by atoms with Crippen LogP contribution in [0.4, 0.5) is 0 Å². The first kappa shape index (κ1) is 34.6. The molecule has 58 heavy (non-hydrogen) atoms. The van der Waals surface area contributed by atoms with Crippen molar-refractivity contribution in [3.8, 4) is 69.3 Å². The number of hydrogen-bond acceptors (Lipinski definition) is 12. The second kappa shape index (κ2) is 12.9. The summed E-state index contributed by atoms with van der Waals surface area (Å²) in [7, 11) is 0. The van der Waals surface area contributed by atoms with Gasteiger partial charge < -0.3 is 38.9 Å². The molecule has 0 radical (unpaired) electrons. The summed E-state index contributed by atoms with van der Waals surface area (Å²) in [4.78, 5) is 19.2. The van der Waals surface area contributed by atoms with Crippen LogP contribution >= 0.6 is 0 Å². The minimum atomic E-state index is -0.600. The van der Waals surface area contributed by atoms with Crippen LogP contribution in [0.15, 0.2) is 98.6 Å². The third-order valence-electron chi connectivity index (χ3n) is 10.1. The van der Waals surface area contributed by atoms with E-state index in [4.69, 9.17) is 38.9 Å². The standard InChI is InChI=1S/C38H16B2N12O4.2Pt/c1-5-45-49(9-1)21-13-25-35(41-17-21)53-31-29-32(54-36-26(39(25)29)14-22(18-42-36)50-10-2-6-46-50)34-30-33(31)55-37-27(15-23(19-43-37)51-11-3-7-47-51)40(30)28-16-24(20-44-38(28)56-34)52-12-4-8-48-52;;/h1-12,17-20H;;/q-4;2*+2. The van der Waals surface area contributed by atoms with Crippen molar-refractivity contribution in [3.63, 3.8) is 0 Å². The number of aromatic nitrogens is 12. The monoisotopic (exact) mass is 1120 g/mol. The fraction of sp³-hybridized carbons (Fsp3) is 0. The molecule has 0 bridgehead atoms. The van der Waals surface area contributed by atoms with Crippen LogP contribution in [0, 0.1) is 24.3 Å². The zero-order chi connectivity index (χ0) is 36.5. The molecule has 0 spiro atoms. The Morgan fingerprint density at radius 2 is 0.655 bits per heavy atom. The van der Waals surface area contributed by atoms with Crippen LogP contribution in [0.5, 0.6) is 46.5 Å². The molecule has 8 aromatic heterocycles. The summed E-state index contributed by atoms with van der Waals surface area (Å²) in [5.41, 5.74) is 6.16. The van der Waals surface area contributed by atoms with Gasteiger partial charge in [0.1, 0.15) is 0 Å². The van der Waals surface area contributed by atoms with Gasteiger partial charge in [0.2, 0.25) is 13.4 Å². The Morgan fingerprint density at radius 3 is 0.879 bits per heavy atom. The topological polar surface area (TPSA) is 160 Å². The number of benzene rings is 1. The molecule has 4 aliphatic rings. The van der Waals surface area contributed by atoms with Crippen molar-refractivity contribution in [1.29, 1.82) is 0 Å². The smallest absolute Gasteiger partial charge is 0.496 e. The molecule has 0 aliphatic carbocycles. The Balaban J connectivity index is 0.00000193. The molecule has 0 unspecified atom stereocenters. The normalized spacial score (nSPS) is 13.0. The summed E-state index contributed by atoms with van der Waals surface area (Å²) in [5.74, 6) is 2.78. The van der Waals surface area contributed by atoms with Gasteiger partial charge in [-0.05, 0) is 47.0 Å². The number of fused-ring (bicyclic) bond motifs is 10. The van der Waals surface area contributed by atoms with Crippen molar-refractivity contribution >= 4 is 46.2 Å². The van der Waals surface area contributed by atoms with Gasteiger partial charge in [-0.15, -0.1) is 21.9 Å². The molecule has 9 aromatic rings. The first-order valence-electron chi connectivity index (χ1n) is 17.4. The predicted octanol–water partition coefficient (Wildman–Crippen LogP) is 0.660. The third kappa shape index (κ3) is 4.91. The summed E-state index contributed by atoms with van der Waals surface area (Å²) in [5, 5.41) is 17.7. The van der Waals surface area contributed by atoms with E-state index in [9.17, 15) is 0 Å². The van der Waals surface area contributed by atoms with Gasteiger partial charge in [0.25, 0.3) is 0 Å². The minimum absolute atomic E-state index is 0. The van der Waals surface area contributed by atoms with Crippen LogP contribution in [0.3, 0.4) is 0 Å². The van der Waals surface area contributed by atoms with Crippen molar-refractivity contribution in [2.75, 3.05) is 0 Å². The van der Waals surface area contributed by atoms with E-state index in [0.29, 0.717) is 102 Å². The van der Waals surface area contributed by atoms with E-state index >= 15 is 0 Å². The van der Waals surface area contributed by atoms with Gasteiger partial charge in [-0.25, -0.2) is 0 Å². The quantitative estimate of drug-likeness (QED) is 0.180. The van der Waals surface area contributed by atoms with Gasteiger partial charge in [-0.3, -0.25) is 18.7 Å². The summed E-state index contributed by atoms with van der Waals surface area (Å²) < 4.78 is 33.9. The largest absolute Gasteiger partial charge is 2.00 e. The van der Waals surface area contributed by atoms with Gasteiger partial charge in [-0.1, -0.05) is 24.8 Å². The molecule has 0 saturated heterocycles. The first-order valence-corrected chi connectivity index (χ1v) is 17.4. The molecule has 0 fully saturated rings. The molecule has 13 rings (SSSR count). The zero-order valence-corrected chi connectivity index (χ0v) is 33.6. The maximum atomic E-state index is 6.78. The van der Waals surface area contributed by atoms with E-state index < -0.39 is 13.4 Å². The molecule has 278 valence electrons. The van der Waals surface area contributed by atoms with Gasteiger partial charge in [0.05, 0.1) is 23.5 Å². The maximum Gasteiger partial charge on any atom is 2.00 e. The first-order chi connectivity index (χ1) is 27.7. The van der Waals surface area contributed by atoms with Crippen molar-refractivity contribution in [3.05, 3.63) is 123 Å². The van der Waals surface area contributed by atoms with Crippen LogP contribution < -0.4 is 51.7 Å². The maximum absolute atomic E-state index is 6.78. The summed E-state index contributed by atoms with van der Waals surface area (Å²) in [6.45, 7) is -1.20. The molecular formula is C38H16B2N12O4Pt2. The van der Waals surface area contributed by atoms with E-state index in [1.54, 1.807) is 68.3 Å². The van der Waals surface area contributed by atoms with E-state index in [0.717, 1.165) is 0 Å². The molecule has 4 aliphatic heterocycles. The molecule has 20 heteroatoms. The Hall–Kier alpha value is -6.63. The van der Waals surface area contributed by atoms with Crippen LogP contribution in [0.25, 0.3) is 22.7 Å². The van der Waals surface area contributed by atoms with Crippen molar-refractivity contribution in [2.24, 2.45) is 0 Å². The second-order valence-electron chi connectivity index (χ2n) is 13.2. The molecule has 0 amide bonds. The van der Waals surface area contributed by atoms with Gasteiger partial charge in [-0.2, -0.15) is 44.7 Å². The number of ether oxygens (including phenoxy) is 4. The Kier molecular flexibility index (Phi) is 7.72. The molecule has 0 saturated carbocycles. The second-order valence-corrected chi connectivity index (χ2v) is 13.2. The Labute approximate surface area is 356 Å². The average molecular weight is 1120 g/mol. The molecular weight excluding hydrogens is 1100 g/mol. The van der Waals surface area contributed by atoms with Crippen LogP contribution in [0.2, 0.25) is 0 Å². The van der Waals surface area contributed by atoms with Gasteiger partial charge >= 0.3 is 42.1 Å². The summed E-state index contributed by atoms with van der Waals surface area (Å²) in [6.07, 6.45) is 20.7. The van der Waals surface area contributed by atoms with Crippen molar-refractivity contribution in [1.82, 2.24) is 59.1 Å². The van der Waals surface area contributed by atoms with Gasteiger partial charge in [0, 0.05) is 60.5 Å². The number of nitrogens with zero attached hydrogens (tertiary/aromatic N) is 12. The predicted molar refractivity (Wildman–Crippen MR) is 197 cm³/mol. The SMILES string of the molecule is [Pt+2].[Pt+2].[c-]1c(-n2cccn2)cnc2c1B1c3[c-]c(-n4cccn4)cnc3Oc3c4c5c(c(c31)O2)Oc1ncc(-n2cccn2)[c-]c1B5c1[c-]c(-n2cccn2)cnc1O4. The number of pyridine rings is 4. The Bertz CT molecular complexity index is 2670. The number of rotatable bonds is 4. The summed E-state index contributed by atoms with van der Waals surface area (Å²) in [6, 6.07) is 21.5. The van der Waals surface area contributed by atoms with E-state index in [1.807, 2.05) is 49.1 Å². The molecule has 0 atom stereocenters. The molecule has 1 aromatic carbocycles. The third-order valence-corrected chi connectivity index (χ3v) is 10.1. The van der Waals surface area contributed by atoms with Crippen LogP contribution in [-0.4, -0.2) is 72.5 Å². The van der Waals surface area contributed by atoms with Gasteiger partial charge in [0.15, 0.2) is 23.0 Å². The summed E-state index contributed by atoms with van der Waals surface area (Å²) >= 11 is 0. The van der Waals surface area contributed by atoms with Crippen LogP contribution in [0.1, 0.15) is 0 Å². The van der Waals surface area contributed by atoms with E-state index in [-0.39, 0.29) is 42.1 Å². The van der Waals surface area contributed by atoms with Crippen molar-refractivity contribution in [2.45, 2.75) is 0 Å². The minimum Gasteiger partial charge on any atom is -0.496 e. The van der Waals surface area contributed by atoms with Crippen LogP contribution in [-0.2, 0) is 42.1 Å². The average Bonchev–Trinajstić information content (AvgIpc) is 4.10. The Morgan fingerprint density at radius 1 is 0.397 bits per heavy atom. The van der Waals surface area contributed by atoms with Crippen molar-refractivity contribution < 1.29 is 61.1 Å². The number of hydrogen-bond donors (Lipinski definition) is 0. The fourth-order valence-electron chi connectivity index (χ4n) is 7.75. The van der Waals surface area contributed by atoms with E-state index in [1.165, 1.54) is 0 Å². The fourth-order valence-corrected chi connectivity index (χ4v) is 7.75. The van der Waals surface area contributed by atoms with E-state index in [2.05, 4.69) is 44.7 Å². The zero-order valence-electron chi connectivity index (χ0n) is 29.0.